The second-order valence-corrected chi connectivity index (χ2v) is 5.02. The number of hydrogen-bond donors (Lipinski definition) is 1. The fourth-order valence-electron chi connectivity index (χ4n) is 2.79. The largest absolute Gasteiger partial charge is 0.384 e. The van der Waals surface area contributed by atoms with E-state index < -0.39 is 0 Å². The predicted octanol–water partition coefficient (Wildman–Crippen LogP) is 5.12. The molecular weight excluding hydrogens is 230 g/mol. The fraction of sp³-hybridized carbons (Fsp3) is 0.222. The summed E-state index contributed by atoms with van der Waals surface area (Å²) >= 11 is 0. The zero-order valence-corrected chi connectivity index (χ0v) is 11.5. The summed E-state index contributed by atoms with van der Waals surface area (Å²) < 4.78 is 0. The van der Waals surface area contributed by atoms with Gasteiger partial charge < -0.3 is 5.32 Å². The minimum atomic E-state index is 1.01. The summed E-state index contributed by atoms with van der Waals surface area (Å²) in [6.45, 7) is 5.43. The highest BCUT2D eigenvalue weighted by molar-refractivity contribution is 6.13. The van der Waals surface area contributed by atoms with E-state index in [4.69, 9.17) is 0 Å². The van der Waals surface area contributed by atoms with Crippen molar-refractivity contribution in [3.63, 3.8) is 0 Å². The molecule has 0 amide bonds. The average Bonchev–Trinajstić information content (AvgIpc) is 2.47. The number of anilines is 1. The predicted molar refractivity (Wildman–Crippen MR) is 85.0 cm³/mol. The van der Waals surface area contributed by atoms with Gasteiger partial charge in [-0.1, -0.05) is 55.5 Å². The van der Waals surface area contributed by atoms with Gasteiger partial charge in [0.25, 0.3) is 0 Å². The Hall–Kier alpha value is -2.02. The molecule has 0 saturated heterocycles. The van der Waals surface area contributed by atoms with Gasteiger partial charge in [-0.05, 0) is 29.7 Å². The van der Waals surface area contributed by atoms with Crippen molar-refractivity contribution in [2.24, 2.45) is 0 Å². The Morgan fingerprint density at radius 2 is 1.26 bits per heavy atom. The van der Waals surface area contributed by atoms with Gasteiger partial charge in [0.2, 0.25) is 0 Å². The molecule has 0 aromatic heterocycles. The average molecular weight is 249 g/mol. The SMILES string of the molecule is CCCNc1c2ccccc2c(C)c2ccccc12. The first-order chi connectivity index (χ1) is 9.33. The van der Waals surface area contributed by atoms with Gasteiger partial charge in [0.1, 0.15) is 0 Å². The van der Waals surface area contributed by atoms with Gasteiger partial charge in [0.15, 0.2) is 0 Å². The molecule has 0 aliphatic rings. The molecule has 96 valence electrons. The van der Waals surface area contributed by atoms with E-state index in [1.807, 2.05) is 0 Å². The zero-order chi connectivity index (χ0) is 13.2. The molecule has 3 aromatic rings. The molecule has 1 heteroatoms. The van der Waals surface area contributed by atoms with Gasteiger partial charge in [0.05, 0.1) is 0 Å². The zero-order valence-electron chi connectivity index (χ0n) is 11.5. The molecule has 1 nitrogen and oxygen atoms in total. The second-order valence-electron chi connectivity index (χ2n) is 5.02. The van der Waals surface area contributed by atoms with Gasteiger partial charge in [0, 0.05) is 23.0 Å². The van der Waals surface area contributed by atoms with Crippen LogP contribution >= 0.6 is 0 Å². The fourth-order valence-corrected chi connectivity index (χ4v) is 2.79. The maximum Gasteiger partial charge on any atom is 0.0499 e. The Morgan fingerprint density at radius 1 is 0.789 bits per heavy atom. The van der Waals surface area contributed by atoms with Crippen LogP contribution in [-0.4, -0.2) is 6.54 Å². The Bertz CT molecular complexity index is 671. The van der Waals surface area contributed by atoms with E-state index in [9.17, 15) is 0 Å². The number of benzene rings is 3. The van der Waals surface area contributed by atoms with Crippen LogP contribution < -0.4 is 5.32 Å². The highest BCUT2D eigenvalue weighted by Crippen LogP contribution is 2.35. The van der Waals surface area contributed by atoms with E-state index in [0.29, 0.717) is 0 Å². The third-order valence-corrected chi connectivity index (χ3v) is 3.75. The summed E-state index contributed by atoms with van der Waals surface area (Å²) in [4.78, 5) is 0. The second kappa shape index (κ2) is 4.93. The lowest BCUT2D eigenvalue weighted by molar-refractivity contribution is 0.983. The first kappa shape index (κ1) is 12.0. The highest BCUT2D eigenvalue weighted by atomic mass is 14.9. The normalized spacial score (nSPS) is 11.1. The first-order valence-electron chi connectivity index (χ1n) is 6.97. The number of nitrogens with one attached hydrogen (secondary N) is 1. The third-order valence-electron chi connectivity index (χ3n) is 3.75. The molecule has 0 radical (unpaired) electrons. The van der Waals surface area contributed by atoms with Crippen LogP contribution in [0.25, 0.3) is 21.5 Å². The van der Waals surface area contributed by atoms with Crippen LogP contribution in [0.4, 0.5) is 5.69 Å². The molecule has 0 saturated carbocycles. The molecular formula is C18H19N. The maximum atomic E-state index is 3.61. The van der Waals surface area contributed by atoms with Gasteiger partial charge in [-0.3, -0.25) is 0 Å². The van der Waals surface area contributed by atoms with Crippen LogP contribution in [0.3, 0.4) is 0 Å². The highest BCUT2D eigenvalue weighted by Gasteiger charge is 2.09. The van der Waals surface area contributed by atoms with Gasteiger partial charge in [-0.2, -0.15) is 0 Å². The van der Waals surface area contributed by atoms with E-state index in [1.165, 1.54) is 32.8 Å². The number of aryl methyl sites for hydroxylation is 1. The van der Waals surface area contributed by atoms with Crippen molar-refractivity contribution in [1.82, 2.24) is 0 Å². The third kappa shape index (κ3) is 1.95. The summed E-state index contributed by atoms with van der Waals surface area (Å²) in [6, 6.07) is 17.3. The summed E-state index contributed by atoms with van der Waals surface area (Å²) in [6.07, 6.45) is 1.14. The molecule has 3 rings (SSSR count). The molecule has 0 bridgehead atoms. The van der Waals surface area contributed by atoms with Crippen LogP contribution in [0.2, 0.25) is 0 Å². The number of fused-ring (bicyclic) bond motifs is 2. The Morgan fingerprint density at radius 3 is 1.74 bits per heavy atom. The topological polar surface area (TPSA) is 12.0 Å². The smallest absolute Gasteiger partial charge is 0.0499 e. The van der Waals surface area contributed by atoms with E-state index in [2.05, 4.69) is 67.7 Å². The number of hydrogen-bond acceptors (Lipinski definition) is 1. The Kier molecular flexibility index (Phi) is 3.12. The molecule has 0 unspecified atom stereocenters. The number of rotatable bonds is 3. The lowest BCUT2D eigenvalue weighted by Gasteiger charge is -2.15. The Balaban J connectivity index is 2.42. The van der Waals surface area contributed by atoms with Crippen LogP contribution in [-0.2, 0) is 0 Å². The molecule has 0 atom stereocenters. The van der Waals surface area contributed by atoms with E-state index in [0.717, 1.165) is 13.0 Å². The van der Waals surface area contributed by atoms with Crippen molar-refractivity contribution in [2.45, 2.75) is 20.3 Å². The van der Waals surface area contributed by atoms with E-state index >= 15 is 0 Å². The quantitative estimate of drug-likeness (QED) is 0.635. The monoisotopic (exact) mass is 249 g/mol. The van der Waals surface area contributed by atoms with Crippen molar-refractivity contribution in [3.05, 3.63) is 54.1 Å². The minimum Gasteiger partial charge on any atom is -0.384 e. The van der Waals surface area contributed by atoms with Crippen molar-refractivity contribution >= 4 is 27.2 Å². The summed E-state index contributed by atoms with van der Waals surface area (Å²) in [5, 5.41) is 8.95. The summed E-state index contributed by atoms with van der Waals surface area (Å²) in [7, 11) is 0. The van der Waals surface area contributed by atoms with Crippen molar-refractivity contribution < 1.29 is 0 Å². The molecule has 0 aliphatic carbocycles. The lowest BCUT2D eigenvalue weighted by Crippen LogP contribution is -2.02. The Labute approximate surface area is 114 Å². The van der Waals surface area contributed by atoms with Crippen molar-refractivity contribution in [3.8, 4) is 0 Å². The van der Waals surface area contributed by atoms with E-state index in [1.54, 1.807) is 0 Å². The van der Waals surface area contributed by atoms with Crippen LogP contribution in [0.1, 0.15) is 18.9 Å². The van der Waals surface area contributed by atoms with Gasteiger partial charge in [-0.15, -0.1) is 0 Å². The molecule has 0 spiro atoms. The van der Waals surface area contributed by atoms with Crippen molar-refractivity contribution in [2.75, 3.05) is 11.9 Å². The van der Waals surface area contributed by atoms with Crippen LogP contribution in [0, 0.1) is 6.92 Å². The summed E-state index contributed by atoms with van der Waals surface area (Å²) in [5.41, 5.74) is 2.65. The van der Waals surface area contributed by atoms with Crippen molar-refractivity contribution in [1.29, 1.82) is 0 Å². The van der Waals surface area contributed by atoms with Crippen LogP contribution in [0.15, 0.2) is 48.5 Å². The summed E-state index contributed by atoms with van der Waals surface area (Å²) in [5.74, 6) is 0. The van der Waals surface area contributed by atoms with E-state index in [-0.39, 0.29) is 0 Å². The molecule has 19 heavy (non-hydrogen) atoms. The lowest BCUT2D eigenvalue weighted by atomic mass is 9.95. The first-order valence-corrected chi connectivity index (χ1v) is 6.97. The molecule has 1 N–H and O–H groups in total. The molecule has 0 heterocycles. The van der Waals surface area contributed by atoms with Gasteiger partial charge in [-0.25, -0.2) is 0 Å². The molecule has 0 aliphatic heterocycles. The molecule has 3 aromatic carbocycles. The van der Waals surface area contributed by atoms with Crippen LogP contribution in [0.5, 0.6) is 0 Å². The standard InChI is InChI=1S/C18H19N/c1-3-12-19-18-16-10-6-4-8-14(16)13(2)15-9-5-7-11-17(15)18/h4-11,19H,3,12H2,1-2H3. The van der Waals surface area contributed by atoms with Gasteiger partial charge >= 0.3 is 0 Å². The molecule has 0 fully saturated rings. The minimum absolute atomic E-state index is 1.01. The maximum absolute atomic E-state index is 3.61.